The molecular formula is C23H30N2O3S. The molecule has 1 aliphatic rings. The fourth-order valence-electron chi connectivity index (χ4n) is 3.75. The highest BCUT2D eigenvalue weighted by Gasteiger charge is 2.28. The average molecular weight is 415 g/mol. The number of nitrogens with zero attached hydrogens (tertiary/aromatic N) is 1. The Bertz CT molecular complexity index is 949. The molecule has 3 rings (SSSR count). The van der Waals surface area contributed by atoms with Crippen LogP contribution in [0.4, 0.5) is 0 Å². The van der Waals surface area contributed by atoms with E-state index in [0.29, 0.717) is 24.6 Å². The van der Waals surface area contributed by atoms with Gasteiger partial charge >= 0.3 is 0 Å². The summed E-state index contributed by atoms with van der Waals surface area (Å²) in [5.41, 5.74) is 2.22. The minimum Gasteiger partial charge on any atom is -0.345 e. The molecule has 2 aromatic rings. The Morgan fingerprint density at radius 3 is 2.34 bits per heavy atom. The zero-order valence-corrected chi connectivity index (χ0v) is 18.2. The van der Waals surface area contributed by atoms with E-state index in [1.807, 2.05) is 37.3 Å². The minimum atomic E-state index is -3.56. The molecule has 0 aromatic heterocycles. The van der Waals surface area contributed by atoms with Gasteiger partial charge in [-0.25, -0.2) is 8.42 Å². The quantitative estimate of drug-likeness (QED) is 0.735. The number of aryl methyl sites for hydroxylation is 1. The molecule has 1 saturated heterocycles. The van der Waals surface area contributed by atoms with E-state index in [1.54, 1.807) is 12.1 Å². The van der Waals surface area contributed by atoms with Gasteiger partial charge in [0.2, 0.25) is 10.0 Å². The molecule has 0 spiro atoms. The van der Waals surface area contributed by atoms with Gasteiger partial charge in [-0.15, -0.1) is 0 Å². The van der Waals surface area contributed by atoms with Crippen molar-refractivity contribution in [2.24, 2.45) is 5.92 Å². The molecular weight excluding hydrogens is 384 g/mol. The molecule has 1 atom stereocenters. The molecule has 156 valence electrons. The largest absolute Gasteiger partial charge is 0.345 e. The molecule has 1 heterocycles. The number of carbonyl (C=O) groups excluding carboxylic acids is 1. The van der Waals surface area contributed by atoms with Crippen molar-refractivity contribution in [3.63, 3.8) is 0 Å². The first-order valence-electron chi connectivity index (χ1n) is 10.3. The molecule has 0 unspecified atom stereocenters. The average Bonchev–Trinajstić information content (AvgIpc) is 3.23. The maximum absolute atomic E-state index is 13.1. The van der Waals surface area contributed by atoms with Crippen LogP contribution in [0.2, 0.25) is 0 Å². The zero-order chi connectivity index (χ0) is 21.0. The second-order valence-corrected chi connectivity index (χ2v) is 10.1. The predicted molar refractivity (Wildman–Crippen MR) is 115 cm³/mol. The third kappa shape index (κ3) is 5.06. The van der Waals surface area contributed by atoms with Crippen LogP contribution in [0.5, 0.6) is 0 Å². The summed E-state index contributed by atoms with van der Waals surface area (Å²) < 4.78 is 27.3. The standard InChI is InChI=1S/C23H30N2O3S/c1-17(2)15-22(19-9-5-4-6-10-19)24-23(26)21-16-20(12-11-18(21)3)29(27,28)25-13-7-8-14-25/h4-6,9-12,16-17,22H,7-8,13-15H2,1-3H3,(H,24,26)/t22-/m1/s1. The molecule has 0 radical (unpaired) electrons. The Balaban J connectivity index is 1.88. The van der Waals surface area contributed by atoms with Crippen LogP contribution in [0.15, 0.2) is 53.4 Å². The van der Waals surface area contributed by atoms with Crippen LogP contribution in [-0.2, 0) is 10.0 Å². The summed E-state index contributed by atoms with van der Waals surface area (Å²) in [5, 5.41) is 3.12. The molecule has 1 N–H and O–H groups in total. The van der Waals surface area contributed by atoms with Crippen LogP contribution in [0, 0.1) is 12.8 Å². The summed E-state index contributed by atoms with van der Waals surface area (Å²) >= 11 is 0. The van der Waals surface area contributed by atoms with Gasteiger partial charge in [0, 0.05) is 18.7 Å². The monoisotopic (exact) mass is 414 g/mol. The first-order chi connectivity index (χ1) is 13.8. The smallest absolute Gasteiger partial charge is 0.252 e. The number of carbonyl (C=O) groups is 1. The Labute approximate surface area is 174 Å². The molecule has 1 amide bonds. The van der Waals surface area contributed by atoms with E-state index in [9.17, 15) is 13.2 Å². The van der Waals surface area contributed by atoms with Crippen LogP contribution < -0.4 is 5.32 Å². The SMILES string of the molecule is Cc1ccc(S(=O)(=O)N2CCCC2)cc1C(=O)N[C@H](CC(C)C)c1ccccc1. The Morgan fingerprint density at radius 1 is 1.07 bits per heavy atom. The van der Waals surface area contributed by atoms with Gasteiger partial charge in [-0.1, -0.05) is 50.2 Å². The summed E-state index contributed by atoms with van der Waals surface area (Å²) in [5.74, 6) is 0.166. The fraction of sp³-hybridized carbons (Fsp3) is 0.435. The van der Waals surface area contributed by atoms with Crippen molar-refractivity contribution in [1.82, 2.24) is 9.62 Å². The van der Waals surface area contributed by atoms with Crippen LogP contribution in [0.25, 0.3) is 0 Å². The minimum absolute atomic E-state index is 0.123. The molecule has 6 heteroatoms. The summed E-state index contributed by atoms with van der Waals surface area (Å²) in [4.78, 5) is 13.3. The maximum Gasteiger partial charge on any atom is 0.252 e. The number of benzene rings is 2. The molecule has 0 saturated carbocycles. The van der Waals surface area contributed by atoms with Gasteiger partial charge in [0.15, 0.2) is 0 Å². The highest BCUT2D eigenvalue weighted by molar-refractivity contribution is 7.89. The topological polar surface area (TPSA) is 66.5 Å². The van der Waals surface area contributed by atoms with Gasteiger partial charge in [0.1, 0.15) is 0 Å². The van der Waals surface area contributed by atoms with Crippen molar-refractivity contribution in [3.8, 4) is 0 Å². The summed E-state index contributed by atoms with van der Waals surface area (Å²) in [6.45, 7) is 7.17. The lowest BCUT2D eigenvalue weighted by molar-refractivity contribution is 0.0931. The van der Waals surface area contributed by atoms with Crippen molar-refractivity contribution in [1.29, 1.82) is 0 Å². The van der Waals surface area contributed by atoms with Crippen LogP contribution in [0.3, 0.4) is 0 Å². The first kappa shape index (κ1) is 21.5. The second-order valence-electron chi connectivity index (χ2n) is 8.15. The Kier molecular flexibility index (Phi) is 6.75. The number of hydrogen-bond donors (Lipinski definition) is 1. The van der Waals surface area contributed by atoms with Crippen molar-refractivity contribution in [2.75, 3.05) is 13.1 Å². The molecule has 1 aliphatic heterocycles. The fourth-order valence-corrected chi connectivity index (χ4v) is 5.30. The summed E-state index contributed by atoms with van der Waals surface area (Å²) in [6.07, 6.45) is 2.57. The lowest BCUT2D eigenvalue weighted by Crippen LogP contribution is -2.31. The van der Waals surface area contributed by atoms with Gasteiger partial charge in [0.05, 0.1) is 10.9 Å². The van der Waals surface area contributed by atoms with E-state index < -0.39 is 10.0 Å². The lowest BCUT2D eigenvalue weighted by atomic mass is 9.96. The third-order valence-corrected chi connectivity index (χ3v) is 7.27. The number of amides is 1. The number of nitrogens with one attached hydrogen (secondary N) is 1. The van der Waals surface area contributed by atoms with Crippen molar-refractivity contribution in [3.05, 3.63) is 65.2 Å². The van der Waals surface area contributed by atoms with Gasteiger partial charge in [-0.05, 0) is 55.4 Å². The maximum atomic E-state index is 13.1. The molecule has 1 fully saturated rings. The summed E-state index contributed by atoms with van der Waals surface area (Å²) in [7, 11) is -3.56. The number of hydrogen-bond acceptors (Lipinski definition) is 3. The van der Waals surface area contributed by atoms with Gasteiger partial charge in [0.25, 0.3) is 5.91 Å². The van der Waals surface area contributed by atoms with E-state index in [0.717, 1.165) is 30.4 Å². The first-order valence-corrected chi connectivity index (χ1v) is 11.7. The van der Waals surface area contributed by atoms with E-state index >= 15 is 0 Å². The number of sulfonamides is 1. The summed E-state index contributed by atoms with van der Waals surface area (Å²) in [6, 6.07) is 14.6. The van der Waals surface area contributed by atoms with Crippen LogP contribution in [0.1, 0.15) is 60.6 Å². The second kappa shape index (κ2) is 9.09. The normalized spacial score (nSPS) is 16.1. The van der Waals surface area contributed by atoms with Gasteiger partial charge in [-0.2, -0.15) is 4.31 Å². The van der Waals surface area contributed by atoms with E-state index in [-0.39, 0.29) is 16.8 Å². The van der Waals surface area contributed by atoms with E-state index in [2.05, 4.69) is 19.2 Å². The van der Waals surface area contributed by atoms with Crippen molar-refractivity contribution < 1.29 is 13.2 Å². The highest BCUT2D eigenvalue weighted by atomic mass is 32.2. The van der Waals surface area contributed by atoms with Crippen LogP contribution >= 0.6 is 0 Å². The van der Waals surface area contributed by atoms with E-state index in [1.165, 1.54) is 10.4 Å². The van der Waals surface area contributed by atoms with Crippen molar-refractivity contribution >= 4 is 15.9 Å². The molecule has 0 aliphatic carbocycles. The van der Waals surface area contributed by atoms with Crippen LogP contribution in [-0.4, -0.2) is 31.7 Å². The Hall–Kier alpha value is -2.18. The van der Waals surface area contributed by atoms with Gasteiger partial charge < -0.3 is 5.32 Å². The molecule has 0 bridgehead atoms. The van der Waals surface area contributed by atoms with E-state index in [4.69, 9.17) is 0 Å². The Morgan fingerprint density at radius 2 is 1.72 bits per heavy atom. The van der Waals surface area contributed by atoms with Crippen molar-refractivity contribution in [2.45, 2.75) is 51.0 Å². The lowest BCUT2D eigenvalue weighted by Gasteiger charge is -2.22. The third-order valence-electron chi connectivity index (χ3n) is 5.37. The molecule has 29 heavy (non-hydrogen) atoms. The number of rotatable bonds is 7. The zero-order valence-electron chi connectivity index (χ0n) is 17.4. The predicted octanol–water partition coefficient (Wildman–Crippen LogP) is 4.30. The van der Waals surface area contributed by atoms with Gasteiger partial charge in [-0.3, -0.25) is 4.79 Å². The molecule has 2 aromatic carbocycles. The highest BCUT2D eigenvalue weighted by Crippen LogP contribution is 2.25. The molecule has 5 nitrogen and oxygen atoms in total.